The first kappa shape index (κ1) is 15.4. The standard InChI is InChI=1S/C20H20N6/c1-13-22-11-15-7-10-26(12-18(15)23-13)20-16-3-2-4-17(16)24-19(25-20)14-5-8-21-9-6-14/h5-6,8-9,11H,2-4,7,10,12H2,1H3. The molecule has 0 atom stereocenters. The summed E-state index contributed by atoms with van der Waals surface area (Å²) in [6, 6.07) is 3.95. The molecule has 1 aliphatic heterocycles. The zero-order chi connectivity index (χ0) is 17.5. The van der Waals surface area contributed by atoms with Crippen molar-refractivity contribution >= 4 is 5.82 Å². The summed E-state index contributed by atoms with van der Waals surface area (Å²) in [7, 11) is 0. The third-order valence-corrected chi connectivity index (χ3v) is 5.22. The van der Waals surface area contributed by atoms with Gasteiger partial charge in [-0.25, -0.2) is 19.9 Å². The number of fused-ring (bicyclic) bond motifs is 2. The number of aromatic nitrogens is 5. The molecule has 0 radical (unpaired) electrons. The zero-order valence-electron chi connectivity index (χ0n) is 14.8. The van der Waals surface area contributed by atoms with Gasteiger partial charge in [0.15, 0.2) is 5.82 Å². The molecule has 0 saturated carbocycles. The lowest BCUT2D eigenvalue weighted by molar-refractivity contribution is 0.685. The van der Waals surface area contributed by atoms with Crippen molar-refractivity contribution in [1.29, 1.82) is 0 Å². The normalized spacial score (nSPS) is 15.7. The number of nitrogens with zero attached hydrogens (tertiary/aromatic N) is 6. The highest BCUT2D eigenvalue weighted by molar-refractivity contribution is 5.61. The fourth-order valence-electron chi connectivity index (χ4n) is 3.89. The summed E-state index contributed by atoms with van der Waals surface area (Å²) in [6.45, 7) is 3.68. The number of pyridine rings is 1. The van der Waals surface area contributed by atoms with Gasteiger partial charge in [-0.1, -0.05) is 0 Å². The van der Waals surface area contributed by atoms with Gasteiger partial charge in [-0.3, -0.25) is 4.98 Å². The lowest BCUT2D eigenvalue weighted by atomic mass is 10.1. The van der Waals surface area contributed by atoms with Crippen molar-refractivity contribution in [2.75, 3.05) is 11.4 Å². The highest BCUT2D eigenvalue weighted by Gasteiger charge is 2.26. The molecule has 130 valence electrons. The summed E-state index contributed by atoms with van der Waals surface area (Å²) in [4.78, 5) is 25.3. The van der Waals surface area contributed by atoms with Gasteiger partial charge in [-0.2, -0.15) is 0 Å². The molecule has 0 fully saturated rings. The summed E-state index contributed by atoms with van der Waals surface area (Å²) in [5.41, 5.74) is 5.92. The Morgan fingerprint density at radius 3 is 2.73 bits per heavy atom. The minimum atomic E-state index is 0.790. The molecule has 6 heteroatoms. The van der Waals surface area contributed by atoms with E-state index < -0.39 is 0 Å². The summed E-state index contributed by atoms with van der Waals surface area (Å²) < 4.78 is 0. The van der Waals surface area contributed by atoms with Crippen LogP contribution in [0.5, 0.6) is 0 Å². The van der Waals surface area contributed by atoms with Gasteiger partial charge in [0.2, 0.25) is 0 Å². The Morgan fingerprint density at radius 2 is 1.85 bits per heavy atom. The summed E-state index contributed by atoms with van der Waals surface area (Å²) in [5, 5.41) is 0. The molecule has 0 spiro atoms. The second kappa shape index (κ2) is 6.12. The second-order valence-electron chi connectivity index (χ2n) is 6.95. The van der Waals surface area contributed by atoms with Crippen LogP contribution in [-0.2, 0) is 25.8 Å². The highest BCUT2D eigenvalue weighted by atomic mass is 15.2. The van der Waals surface area contributed by atoms with E-state index in [1.54, 1.807) is 12.4 Å². The average molecular weight is 344 g/mol. The average Bonchev–Trinajstić information content (AvgIpc) is 3.16. The van der Waals surface area contributed by atoms with Crippen molar-refractivity contribution in [3.05, 3.63) is 59.1 Å². The van der Waals surface area contributed by atoms with Gasteiger partial charge in [0, 0.05) is 42.0 Å². The maximum absolute atomic E-state index is 4.98. The molecule has 5 rings (SSSR count). The van der Waals surface area contributed by atoms with Gasteiger partial charge < -0.3 is 4.90 Å². The molecule has 4 heterocycles. The van der Waals surface area contributed by atoms with Crippen LogP contribution in [0, 0.1) is 6.92 Å². The van der Waals surface area contributed by atoms with Crippen molar-refractivity contribution in [3.63, 3.8) is 0 Å². The molecule has 0 N–H and O–H groups in total. The lowest BCUT2D eigenvalue weighted by Crippen LogP contribution is -2.33. The maximum Gasteiger partial charge on any atom is 0.161 e. The second-order valence-corrected chi connectivity index (χ2v) is 6.95. The Labute approximate surface area is 152 Å². The molecule has 1 aliphatic carbocycles. The number of anilines is 1. The number of rotatable bonds is 2. The highest BCUT2D eigenvalue weighted by Crippen LogP contribution is 2.33. The third kappa shape index (κ3) is 2.62. The Balaban J connectivity index is 1.58. The van der Waals surface area contributed by atoms with Crippen LogP contribution in [0.4, 0.5) is 5.82 Å². The quantitative estimate of drug-likeness (QED) is 0.712. The van der Waals surface area contributed by atoms with E-state index in [9.17, 15) is 0 Å². The number of hydrogen-bond donors (Lipinski definition) is 0. The van der Waals surface area contributed by atoms with E-state index in [0.29, 0.717) is 0 Å². The van der Waals surface area contributed by atoms with E-state index in [2.05, 4.69) is 19.9 Å². The Kier molecular flexibility index (Phi) is 3.62. The van der Waals surface area contributed by atoms with Crippen molar-refractivity contribution < 1.29 is 0 Å². The molecule has 26 heavy (non-hydrogen) atoms. The van der Waals surface area contributed by atoms with E-state index >= 15 is 0 Å². The molecule has 0 unspecified atom stereocenters. The smallest absolute Gasteiger partial charge is 0.161 e. The fraction of sp³-hybridized carbons (Fsp3) is 0.350. The molecular formula is C20H20N6. The van der Waals surface area contributed by atoms with Crippen molar-refractivity contribution in [2.24, 2.45) is 0 Å². The molecule has 2 aliphatic rings. The first-order valence-electron chi connectivity index (χ1n) is 9.14. The SMILES string of the molecule is Cc1ncc2c(n1)CN(c1nc(-c3ccncc3)nc3c1CCC3)CC2. The molecule has 3 aromatic rings. The van der Waals surface area contributed by atoms with Crippen LogP contribution in [0.2, 0.25) is 0 Å². The van der Waals surface area contributed by atoms with Crippen LogP contribution in [0.15, 0.2) is 30.7 Å². The first-order chi connectivity index (χ1) is 12.8. The molecular weight excluding hydrogens is 324 g/mol. The summed E-state index contributed by atoms with van der Waals surface area (Å²) in [6.07, 6.45) is 9.77. The van der Waals surface area contributed by atoms with Crippen molar-refractivity contribution in [3.8, 4) is 11.4 Å². The maximum atomic E-state index is 4.98. The third-order valence-electron chi connectivity index (χ3n) is 5.22. The zero-order valence-corrected chi connectivity index (χ0v) is 14.8. The molecule has 0 amide bonds. The molecule has 0 aromatic carbocycles. The van der Waals surface area contributed by atoms with E-state index in [4.69, 9.17) is 9.97 Å². The van der Waals surface area contributed by atoms with E-state index in [1.807, 2.05) is 25.3 Å². The van der Waals surface area contributed by atoms with Crippen LogP contribution in [0.3, 0.4) is 0 Å². The van der Waals surface area contributed by atoms with E-state index in [1.165, 1.54) is 16.8 Å². The largest absolute Gasteiger partial charge is 0.350 e. The van der Waals surface area contributed by atoms with E-state index in [0.717, 1.165) is 67.5 Å². The van der Waals surface area contributed by atoms with Gasteiger partial charge in [0.05, 0.1) is 12.2 Å². The van der Waals surface area contributed by atoms with Crippen molar-refractivity contribution in [2.45, 2.75) is 39.2 Å². The van der Waals surface area contributed by atoms with Gasteiger partial charge in [0.25, 0.3) is 0 Å². The lowest BCUT2D eigenvalue weighted by Gasteiger charge is -2.30. The monoisotopic (exact) mass is 344 g/mol. The first-order valence-corrected chi connectivity index (χ1v) is 9.14. The predicted octanol–water partition coefficient (Wildman–Crippen LogP) is 2.69. The summed E-state index contributed by atoms with van der Waals surface area (Å²) >= 11 is 0. The van der Waals surface area contributed by atoms with Crippen LogP contribution >= 0.6 is 0 Å². The Hall–Kier alpha value is -2.89. The molecule has 0 bridgehead atoms. The van der Waals surface area contributed by atoms with Crippen LogP contribution in [0.25, 0.3) is 11.4 Å². The number of aryl methyl sites for hydroxylation is 2. The van der Waals surface area contributed by atoms with Crippen molar-refractivity contribution in [1.82, 2.24) is 24.9 Å². The molecule has 6 nitrogen and oxygen atoms in total. The minimum Gasteiger partial charge on any atom is -0.350 e. The minimum absolute atomic E-state index is 0.790. The molecule has 3 aromatic heterocycles. The van der Waals surface area contributed by atoms with Crippen LogP contribution < -0.4 is 4.90 Å². The van der Waals surface area contributed by atoms with Crippen LogP contribution in [-0.4, -0.2) is 31.5 Å². The van der Waals surface area contributed by atoms with Gasteiger partial charge in [0.1, 0.15) is 11.6 Å². The van der Waals surface area contributed by atoms with Gasteiger partial charge in [-0.15, -0.1) is 0 Å². The molecule has 0 saturated heterocycles. The van der Waals surface area contributed by atoms with Crippen LogP contribution in [0.1, 0.15) is 34.8 Å². The number of hydrogen-bond acceptors (Lipinski definition) is 6. The van der Waals surface area contributed by atoms with E-state index in [-0.39, 0.29) is 0 Å². The summed E-state index contributed by atoms with van der Waals surface area (Å²) in [5.74, 6) is 2.71. The predicted molar refractivity (Wildman–Crippen MR) is 98.8 cm³/mol. The fourth-order valence-corrected chi connectivity index (χ4v) is 3.89. The Morgan fingerprint density at radius 1 is 0.962 bits per heavy atom. The topological polar surface area (TPSA) is 67.7 Å². The van der Waals surface area contributed by atoms with Gasteiger partial charge in [-0.05, 0) is 50.3 Å². The Bertz CT molecular complexity index is 970. The van der Waals surface area contributed by atoms with Gasteiger partial charge >= 0.3 is 0 Å².